The summed E-state index contributed by atoms with van der Waals surface area (Å²) in [5.41, 5.74) is 4.76. The van der Waals surface area contributed by atoms with Gasteiger partial charge in [-0.25, -0.2) is 0 Å². The maximum atomic E-state index is 12.8. The van der Waals surface area contributed by atoms with Gasteiger partial charge in [-0.05, 0) is 42.0 Å². The molecule has 2 N–H and O–H groups in total. The van der Waals surface area contributed by atoms with Crippen molar-refractivity contribution in [3.8, 4) is 0 Å². The highest BCUT2D eigenvalue weighted by Gasteiger charge is 2.32. The Labute approximate surface area is 134 Å². The van der Waals surface area contributed by atoms with Crippen molar-refractivity contribution in [3.63, 3.8) is 0 Å². The zero-order chi connectivity index (χ0) is 15.6. The van der Waals surface area contributed by atoms with Gasteiger partial charge in [-0.3, -0.25) is 0 Å². The van der Waals surface area contributed by atoms with Crippen molar-refractivity contribution in [2.45, 2.75) is 22.5 Å². The summed E-state index contributed by atoms with van der Waals surface area (Å²) in [6.07, 6.45) is -4.40. The van der Waals surface area contributed by atoms with Crippen molar-refractivity contribution in [1.82, 2.24) is 0 Å². The Morgan fingerprint density at radius 2 is 1.57 bits per heavy atom. The summed E-state index contributed by atoms with van der Waals surface area (Å²) in [5, 5.41) is 0.823. The maximum Gasteiger partial charge on any atom is 0.416 e. The second kappa shape index (κ2) is 6.48. The quantitative estimate of drug-likeness (QED) is 0.776. The summed E-state index contributed by atoms with van der Waals surface area (Å²) in [6.45, 7) is -0.176. The largest absolute Gasteiger partial charge is 0.416 e. The zero-order valence-corrected chi connectivity index (χ0v) is 12.9. The maximum absolute atomic E-state index is 12.8. The van der Waals surface area contributed by atoms with Gasteiger partial charge >= 0.3 is 6.18 Å². The molecule has 0 spiro atoms. The predicted octanol–water partition coefficient (Wildman–Crippen LogP) is 5.62. The lowest BCUT2D eigenvalue weighted by Crippen LogP contribution is -2.11. The van der Waals surface area contributed by atoms with Crippen LogP contribution in [0.1, 0.15) is 11.1 Å². The van der Waals surface area contributed by atoms with Gasteiger partial charge in [0.15, 0.2) is 0 Å². The number of hydrogen-bond donors (Lipinski definition) is 1. The van der Waals surface area contributed by atoms with Crippen LogP contribution in [-0.4, -0.2) is 0 Å². The molecular weight excluding hydrogens is 342 g/mol. The van der Waals surface area contributed by atoms with Crippen molar-refractivity contribution in [2.24, 2.45) is 5.73 Å². The van der Waals surface area contributed by atoms with E-state index in [1.165, 1.54) is 23.9 Å². The summed E-state index contributed by atoms with van der Waals surface area (Å²) < 4.78 is 38.4. The van der Waals surface area contributed by atoms with Gasteiger partial charge in [-0.1, -0.05) is 35.0 Å². The van der Waals surface area contributed by atoms with Gasteiger partial charge in [0, 0.05) is 16.3 Å². The van der Waals surface area contributed by atoms with Gasteiger partial charge in [-0.15, -0.1) is 0 Å². The molecule has 0 heterocycles. The smallest absolute Gasteiger partial charge is 0.326 e. The molecule has 7 heteroatoms. The van der Waals surface area contributed by atoms with Crippen LogP contribution in [0.4, 0.5) is 13.2 Å². The van der Waals surface area contributed by atoms with E-state index >= 15 is 0 Å². The van der Waals surface area contributed by atoms with E-state index in [0.29, 0.717) is 14.9 Å². The van der Waals surface area contributed by atoms with Crippen LogP contribution in [0.2, 0.25) is 10.0 Å². The van der Waals surface area contributed by atoms with Crippen LogP contribution in [0.3, 0.4) is 0 Å². The third kappa shape index (κ3) is 4.07. The van der Waals surface area contributed by atoms with Crippen LogP contribution in [0.5, 0.6) is 0 Å². The van der Waals surface area contributed by atoms with Gasteiger partial charge in [0.1, 0.15) is 0 Å². The monoisotopic (exact) mass is 351 g/mol. The lowest BCUT2D eigenvalue weighted by Gasteiger charge is -2.13. The van der Waals surface area contributed by atoms with E-state index in [2.05, 4.69) is 0 Å². The third-order valence-electron chi connectivity index (χ3n) is 2.73. The summed E-state index contributed by atoms with van der Waals surface area (Å²) in [4.78, 5) is 1.44. The van der Waals surface area contributed by atoms with Crippen LogP contribution < -0.4 is 5.73 Å². The van der Waals surface area contributed by atoms with Crippen LogP contribution in [0.25, 0.3) is 0 Å². The second-order valence-corrected chi connectivity index (χ2v) is 6.16. The molecule has 2 rings (SSSR count). The molecule has 1 nitrogen and oxygen atoms in total. The Bertz CT molecular complexity index is 659. The summed E-state index contributed by atoms with van der Waals surface area (Å²) >= 11 is 13.0. The van der Waals surface area contributed by atoms with E-state index in [1.807, 2.05) is 0 Å². The van der Waals surface area contributed by atoms with Gasteiger partial charge < -0.3 is 5.73 Å². The van der Waals surface area contributed by atoms with Crippen LogP contribution in [0, 0.1) is 0 Å². The molecule has 0 fully saturated rings. The topological polar surface area (TPSA) is 26.0 Å². The molecule has 0 saturated heterocycles. The zero-order valence-electron chi connectivity index (χ0n) is 10.5. The fraction of sp³-hybridized carbons (Fsp3) is 0.143. The molecule has 0 atom stereocenters. The number of hydrogen-bond acceptors (Lipinski definition) is 2. The third-order valence-corrected chi connectivity index (χ3v) is 4.45. The fourth-order valence-electron chi connectivity index (χ4n) is 1.76. The van der Waals surface area contributed by atoms with E-state index in [4.69, 9.17) is 28.9 Å². The molecule has 0 aliphatic rings. The highest BCUT2D eigenvalue weighted by atomic mass is 35.5. The minimum Gasteiger partial charge on any atom is -0.326 e. The van der Waals surface area contributed by atoms with E-state index in [9.17, 15) is 13.2 Å². The molecule has 112 valence electrons. The molecule has 0 radical (unpaired) electrons. The molecule has 0 saturated carbocycles. The fourth-order valence-corrected chi connectivity index (χ4v) is 3.04. The molecule has 0 unspecified atom stereocenters. The van der Waals surface area contributed by atoms with Gasteiger partial charge in [0.25, 0.3) is 0 Å². The Hall–Kier alpha value is -0.880. The van der Waals surface area contributed by atoms with Gasteiger partial charge in [0.05, 0.1) is 15.6 Å². The van der Waals surface area contributed by atoms with Crippen molar-refractivity contribution < 1.29 is 13.2 Å². The Morgan fingerprint density at radius 1 is 0.952 bits per heavy atom. The standard InChI is InChI=1S/C14H10Cl2F3NS/c15-12-4-2-10(6-13(12)16)21-9-1-3-11(14(17,18)19)8(5-9)7-20/h1-6H,7,20H2. The average molecular weight is 352 g/mol. The van der Waals surface area contributed by atoms with Crippen molar-refractivity contribution in [2.75, 3.05) is 0 Å². The highest BCUT2D eigenvalue weighted by molar-refractivity contribution is 7.99. The Balaban J connectivity index is 2.31. The first-order valence-corrected chi connectivity index (χ1v) is 7.41. The normalized spacial score (nSPS) is 11.7. The number of halogens is 5. The second-order valence-electron chi connectivity index (χ2n) is 4.20. The number of alkyl halides is 3. The molecular formula is C14H10Cl2F3NS. The Morgan fingerprint density at radius 3 is 2.14 bits per heavy atom. The average Bonchev–Trinajstić information content (AvgIpc) is 2.41. The Kier molecular flexibility index (Phi) is 5.09. The van der Waals surface area contributed by atoms with Crippen LogP contribution in [-0.2, 0) is 12.7 Å². The molecule has 0 amide bonds. The number of rotatable bonds is 3. The molecule has 0 aliphatic heterocycles. The molecule has 2 aromatic carbocycles. The van der Waals surface area contributed by atoms with Crippen molar-refractivity contribution in [3.05, 3.63) is 57.6 Å². The van der Waals surface area contributed by atoms with E-state index in [-0.39, 0.29) is 12.1 Å². The molecule has 0 bridgehead atoms. The van der Waals surface area contributed by atoms with E-state index in [1.54, 1.807) is 18.2 Å². The highest BCUT2D eigenvalue weighted by Crippen LogP contribution is 2.37. The lowest BCUT2D eigenvalue weighted by atomic mass is 10.1. The lowest BCUT2D eigenvalue weighted by molar-refractivity contribution is -0.138. The number of nitrogens with two attached hydrogens (primary N) is 1. The van der Waals surface area contributed by atoms with E-state index in [0.717, 1.165) is 11.0 Å². The summed E-state index contributed by atoms with van der Waals surface area (Å²) in [6, 6.07) is 8.94. The minimum absolute atomic E-state index is 0.0626. The van der Waals surface area contributed by atoms with Crippen molar-refractivity contribution in [1.29, 1.82) is 0 Å². The van der Waals surface area contributed by atoms with Crippen molar-refractivity contribution >= 4 is 35.0 Å². The summed E-state index contributed by atoms with van der Waals surface area (Å²) in [5.74, 6) is 0. The van der Waals surface area contributed by atoms with Gasteiger partial charge in [0.2, 0.25) is 0 Å². The first kappa shape index (κ1) is 16.5. The molecule has 0 aliphatic carbocycles. The predicted molar refractivity (Wildman–Crippen MR) is 79.9 cm³/mol. The molecule has 2 aromatic rings. The molecule has 0 aromatic heterocycles. The van der Waals surface area contributed by atoms with Gasteiger partial charge in [-0.2, -0.15) is 13.2 Å². The van der Waals surface area contributed by atoms with Crippen LogP contribution >= 0.6 is 35.0 Å². The van der Waals surface area contributed by atoms with Crippen LogP contribution in [0.15, 0.2) is 46.2 Å². The first-order valence-electron chi connectivity index (χ1n) is 5.84. The SMILES string of the molecule is NCc1cc(Sc2ccc(Cl)c(Cl)c2)ccc1C(F)(F)F. The number of benzene rings is 2. The van der Waals surface area contributed by atoms with E-state index < -0.39 is 11.7 Å². The molecule has 21 heavy (non-hydrogen) atoms. The first-order chi connectivity index (χ1) is 9.81. The minimum atomic E-state index is -4.40. The summed E-state index contributed by atoms with van der Waals surface area (Å²) in [7, 11) is 0.